The zero-order valence-corrected chi connectivity index (χ0v) is 17.6. The molecule has 0 unspecified atom stereocenters. The molecule has 1 aliphatic heterocycles. The van der Waals surface area contributed by atoms with E-state index in [-0.39, 0.29) is 16.3 Å². The van der Waals surface area contributed by atoms with E-state index in [0.717, 1.165) is 68.1 Å². The number of hydrogen-bond donors (Lipinski definition) is 3. The van der Waals surface area contributed by atoms with E-state index in [4.69, 9.17) is 5.73 Å². The third kappa shape index (κ3) is 4.44. The van der Waals surface area contributed by atoms with E-state index in [1.165, 1.54) is 0 Å². The molecule has 162 valence electrons. The van der Waals surface area contributed by atoms with Crippen LogP contribution in [0.4, 0.5) is 31.1 Å². The van der Waals surface area contributed by atoms with Crippen LogP contribution in [0.15, 0.2) is 36.4 Å². The molecule has 0 radical (unpaired) electrons. The van der Waals surface area contributed by atoms with Crippen LogP contribution < -0.4 is 26.0 Å². The molecule has 0 spiro atoms. The Labute approximate surface area is 181 Å². The number of methoxy groups -OCH3 is 1. The third-order valence-electron chi connectivity index (χ3n) is 4.92. The summed E-state index contributed by atoms with van der Waals surface area (Å²) >= 11 is 1.02. The molecule has 10 heteroatoms. The lowest BCUT2D eigenvalue weighted by Crippen LogP contribution is -2.43. The monoisotopic (exact) mass is 445 g/mol. The number of nitrogens with one attached hydrogen (secondary N) is 2. The Hall–Kier alpha value is -3.24. The maximum atomic E-state index is 14.0. The van der Waals surface area contributed by atoms with Gasteiger partial charge in [-0.1, -0.05) is 11.3 Å². The van der Waals surface area contributed by atoms with Crippen LogP contribution in [0.25, 0.3) is 0 Å². The third-order valence-corrected chi connectivity index (χ3v) is 5.91. The SMILES string of the molecule is COc1c(F)cc(C(=O)c2sc(Nc3ccc(N4CCNCC4)cc3)nc2N)cc1F. The second-order valence-electron chi connectivity index (χ2n) is 6.94. The van der Waals surface area contributed by atoms with Crippen LogP contribution >= 0.6 is 11.3 Å². The molecule has 1 aromatic heterocycles. The number of hydrogen-bond acceptors (Lipinski definition) is 8. The van der Waals surface area contributed by atoms with Gasteiger partial charge in [0.2, 0.25) is 5.78 Å². The van der Waals surface area contributed by atoms with Crippen molar-refractivity contribution in [3.63, 3.8) is 0 Å². The maximum Gasteiger partial charge on any atom is 0.207 e. The van der Waals surface area contributed by atoms with Crippen molar-refractivity contribution >= 4 is 39.4 Å². The molecule has 1 saturated heterocycles. The minimum absolute atomic E-state index is 0.00780. The average Bonchev–Trinajstić information content (AvgIpc) is 3.14. The van der Waals surface area contributed by atoms with Gasteiger partial charge in [-0.25, -0.2) is 13.8 Å². The summed E-state index contributed by atoms with van der Waals surface area (Å²) in [5, 5.41) is 6.85. The van der Waals surface area contributed by atoms with E-state index in [1.54, 1.807) is 0 Å². The highest BCUT2D eigenvalue weighted by Crippen LogP contribution is 2.32. The molecule has 1 aliphatic rings. The number of piperazine rings is 1. The molecule has 0 aliphatic carbocycles. The van der Waals surface area contributed by atoms with Crippen LogP contribution in [-0.4, -0.2) is 44.1 Å². The van der Waals surface area contributed by atoms with Crippen molar-refractivity contribution in [3.8, 4) is 5.75 Å². The number of carbonyl (C=O) groups is 1. The number of anilines is 4. The molecule has 4 N–H and O–H groups in total. The molecule has 0 bridgehead atoms. The number of halogens is 2. The van der Waals surface area contributed by atoms with Gasteiger partial charge in [-0.15, -0.1) is 0 Å². The van der Waals surface area contributed by atoms with Gasteiger partial charge in [0.1, 0.15) is 10.7 Å². The normalized spacial score (nSPS) is 13.8. The number of ether oxygens (including phenoxy) is 1. The number of rotatable bonds is 6. The van der Waals surface area contributed by atoms with Crippen LogP contribution in [0, 0.1) is 11.6 Å². The number of thiazole rings is 1. The quantitative estimate of drug-likeness (QED) is 0.501. The van der Waals surface area contributed by atoms with Crippen molar-refractivity contribution < 1.29 is 18.3 Å². The zero-order chi connectivity index (χ0) is 22.0. The van der Waals surface area contributed by atoms with E-state index in [0.29, 0.717) is 5.13 Å². The van der Waals surface area contributed by atoms with Crippen LogP contribution in [0.2, 0.25) is 0 Å². The smallest absolute Gasteiger partial charge is 0.207 e. The van der Waals surface area contributed by atoms with Crippen LogP contribution in [0.5, 0.6) is 5.75 Å². The van der Waals surface area contributed by atoms with Crippen molar-refractivity contribution in [3.05, 3.63) is 58.5 Å². The number of aromatic nitrogens is 1. The number of nitrogens with two attached hydrogens (primary N) is 1. The number of nitrogen functional groups attached to an aromatic ring is 1. The largest absolute Gasteiger partial charge is 0.491 e. The lowest BCUT2D eigenvalue weighted by atomic mass is 10.1. The summed E-state index contributed by atoms with van der Waals surface area (Å²) in [6, 6.07) is 9.71. The minimum Gasteiger partial charge on any atom is -0.491 e. The molecular formula is C21H21F2N5O2S. The first-order valence-corrected chi connectivity index (χ1v) is 10.4. The predicted molar refractivity (Wildman–Crippen MR) is 118 cm³/mol. The highest BCUT2D eigenvalue weighted by molar-refractivity contribution is 7.18. The van der Waals surface area contributed by atoms with Crippen molar-refractivity contribution in [2.75, 3.05) is 49.2 Å². The fourth-order valence-electron chi connectivity index (χ4n) is 3.37. The number of ketones is 1. The van der Waals surface area contributed by atoms with Crippen molar-refractivity contribution in [2.45, 2.75) is 0 Å². The van der Waals surface area contributed by atoms with Gasteiger partial charge >= 0.3 is 0 Å². The molecule has 3 aromatic rings. The number of nitrogens with zero attached hydrogens (tertiary/aromatic N) is 2. The molecule has 2 aromatic carbocycles. The predicted octanol–water partition coefficient (Wildman–Crippen LogP) is 3.40. The van der Waals surface area contributed by atoms with Gasteiger partial charge < -0.3 is 26.0 Å². The second-order valence-corrected chi connectivity index (χ2v) is 7.94. The Kier molecular flexibility index (Phi) is 6.01. The Bertz CT molecular complexity index is 1070. The van der Waals surface area contributed by atoms with Gasteiger partial charge in [-0.05, 0) is 36.4 Å². The maximum absolute atomic E-state index is 14.0. The molecule has 2 heterocycles. The first kappa shape index (κ1) is 21.0. The zero-order valence-electron chi connectivity index (χ0n) is 16.7. The second kappa shape index (κ2) is 8.86. The summed E-state index contributed by atoms with van der Waals surface area (Å²) in [7, 11) is 1.15. The Morgan fingerprint density at radius 2 is 1.84 bits per heavy atom. The molecule has 0 amide bonds. The summed E-state index contributed by atoms with van der Waals surface area (Å²) < 4.78 is 32.6. The lowest BCUT2D eigenvalue weighted by molar-refractivity contribution is 0.104. The molecule has 7 nitrogen and oxygen atoms in total. The first-order chi connectivity index (χ1) is 15.0. The van der Waals surface area contributed by atoms with Gasteiger partial charge in [-0.2, -0.15) is 0 Å². The van der Waals surface area contributed by atoms with E-state index in [9.17, 15) is 13.6 Å². The van der Waals surface area contributed by atoms with Gasteiger partial charge in [0, 0.05) is 43.1 Å². The number of benzene rings is 2. The van der Waals surface area contributed by atoms with Gasteiger partial charge in [-0.3, -0.25) is 4.79 Å². The minimum atomic E-state index is -0.961. The highest BCUT2D eigenvalue weighted by atomic mass is 32.1. The Balaban J connectivity index is 1.50. The standard InChI is InChI=1S/C21H21F2N5O2S/c1-30-18-15(22)10-12(11-16(18)23)17(29)19-20(24)27-21(31-19)26-13-2-4-14(5-3-13)28-8-6-25-7-9-28/h2-5,10-11,25H,6-9,24H2,1H3,(H,26,27). The topological polar surface area (TPSA) is 92.5 Å². The fraction of sp³-hybridized carbons (Fsp3) is 0.238. The highest BCUT2D eigenvalue weighted by Gasteiger charge is 2.22. The number of carbonyl (C=O) groups excluding carboxylic acids is 1. The van der Waals surface area contributed by atoms with Gasteiger partial charge in [0.15, 0.2) is 22.5 Å². The van der Waals surface area contributed by atoms with E-state index < -0.39 is 23.2 Å². The van der Waals surface area contributed by atoms with Crippen molar-refractivity contribution in [2.24, 2.45) is 0 Å². The molecule has 0 saturated carbocycles. The summed E-state index contributed by atoms with van der Waals surface area (Å²) in [6.45, 7) is 3.82. The van der Waals surface area contributed by atoms with Crippen LogP contribution in [0.3, 0.4) is 0 Å². The molecule has 0 atom stereocenters. The van der Waals surface area contributed by atoms with Crippen LogP contribution in [-0.2, 0) is 0 Å². The van der Waals surface area contributed by atoms with Crippen LogP contribution in [0.1, 0.15) is 15.2 Å². The summed E-state index contributed by atoms with van der Waals surface area (Å²) in [6.07, 6.45) is 0. The van der Waals surface area contributed by atoms with Crippen molar-refractivity contribution in [1.82, 2.24) is 10.3 Å². The summed E-state index contributed by atoms with van der Waals surface area (Å²) in [5.74, 6) is -3.08. The lowest BCUT2D eigenvalue weighted by Gasteiger charge is -2.29. The van der Waals surface area contributed by atoms with Crippen molar-refractivity contribution in [1.29, 1.82) is 0 Å². The van der Waals surface area contributed by atoms with E-state index >= 15 is 0 Å². The Morgan fingerprint density at radius 3 is 2.45 bits per heavy atom. The average molecular weight is 445 g/mol. The summed E-state index contributed by atoms with van der Waals surface area (Å²) in [4.78, 5) is 19.3. The van der Waals surface area contributed by atoms with E-state index in [2.05, 4.69) is 25.3 Å². The van der Waals surface area contributed by atoms with E-state index in [1.807, 2.05) is 24.3 Å². The summed E-state index contributed by atoms with van der Waals surface area (Å²) in [5.41, 5.74) is 7.65. The molecular weight excluding hydrogens is 424 g/mol. The van der Waals surface area contributed by atoms with Gasteiger partial charge in [0.25, 0.3) is 0 Å². The molecule has 4 rings (SSSR count). The van der Waals surface area contributed by atoms with Gasteiger partial charge in [0.05, 0.1) is 7.11 Å². The molecule has 1 fully saturated rings. The first-order valence-electron chi connectivity index (χ1n) is 9.63. The molecule has 31 heavy (non-hydrogen) atoms. The Morgan fingerprint density at radius 1 is 1.19 bits per heavy atom. The fourth-order valence-corrected chi connectivity index (χ4v) is 4.23.